The summed E-state index contributed by atoms with van der Waals surface area (Å²) in [6.45, 7) is 22.7. The number of alkyl halides is 3. The molecule has 33 heavy (non-hydrogen) atoms. The van der Waals surface area contributed by atoms with E-state index in [4.69, 9.17) is 0 Å². The fourth-order valence-corrected chi connectivity index (χ4v) is 7.42. The van der Waals surface area contributed by atoms with Crippen molar-refractivity contribution in [3.05, 3.63) is 0 Å². The molecule has 0 saturated carbocycles. The lowest BCUT2D eigenvalue weighted by molar-refractivity contribution is -0.186. The van der Waals surface area contributed by atoms with Crippen LogP contribution in [0.15, 0.2) is 0 Å². The van der Waals surface area contributed by atoms with Crippen molar-refractivity contribution in [2.24, 2.45) is 22.7 Å². The minimum Gasteiger partial charge on any atom is -0.293 e. The molecular formula is C28H51F3N2. The first kappa shape index (κ1) is 27.3. The van der Waals surface area contributed by atoms with Gasteiger partial charge in [-0.2, -0.15) is 13.2 Å². The van der Waals surface area contributed by atoms with Crippen LogP contribution >= 0.6 is 0 Å². The fourth-order valence-electron chi connectivity index (χ4n) is 7.42. The van der Waals surface area contributed by atoms with Gasteiger partial charge < -0.3 is 0 Å². The minimum absolute atomic E-state index is 0.0815. The molecular weight excluding hydrogens is 421 g/mol. The second-order valence-electron chi connectivity index (χ2n) is 14.9. The van der Waals surface area contributed by atoms with E-state index in [9.17, 15) is 13.2 Å². The Kier molecular flexibility index (Phi) is 7.18. The van der Waals surface area contributed by atoms with E-state index < -0.39 is 17.8 Å². The quantitative estimate of drug-likeness (QED) is 0.401. The molecule has 3 heterocycles. The Morgan fingerprint density at radius 1 is 0.636 bits per heavy atom. The van der Waals surface area contributed by atoms with Crippen LogP contribution in [0.25, 0.3) is 0 Å². The van der Waals surface area contributed by atoms with Crippen LogP contribution < -0.4 is 0 Å². The number of hydrogen-bond acceptors (Lipinski definition) is 2. The third-order valence-electron chi connectivity index (χ3n) is 9.67. The summed E-state index contributed by atoms with van der Waals surface area (Å²) in [4.78, 5) is 4.49. The summed E-state index contributed by atoms with van der Waals surface area (Å²) in [5, 5.41) is 0. The van der Waals surface area contributed by atoms with E-state index >= 15 is 0 Å². The van der Waals surface area contributed by atoms with Gasteiger partial charge in [0.15, 0.2) is 0 Å². The molecule has 3 fully saturated rings. The Labute approximate surface area is 202 Å². The maximum Gasteiger partial charge on any atom is 0.404 e. The second-order valence-corrected chi connectivity index (χ2v) is 14.9. The first-order valence-corrected chi connectivity index (χ1v) is 13.4. The van der Waals surface area contributed by atoms with Gasteiger partial charge in [0.25, 0.3) is 0 Å². The molecule has 0 radical (unpaired) electrons. The molecule has 3 aliphatic rings. The van der Waals surface area contributed by atoms with Crippen molar-refractivity contribution in [1.82, 2.24) is 9.80 Å². The van der Waals surface area contributed by atoms with Crippen molar-refractivity contribution >= 4 is 0 Å². The summed E-state index contributed by atoms with van der Waals surface area (Å²) in [6, 6.07) is 0.0830. The Morgan fingerprint density at radius 3 is 1.45 bits per heavy atom. The molecule has 0 aliphatic carbocycles. The monoisotopic (exact) mass is 472 g/mol. The third kappa shape index (κ3) is 5.76. The Bertz CT molecular complexity index is 647. The van der Waals surface area contributed by atoms with Gasteiger partial charge in [-0.3, -0.25) is 9.80 Å². The molecule has 0 spiro atoms. The van der Waals surface area contributed by atoms with E-state index in [0.29, 0.717) is 24.5 Å². The molecule has 0 aromatic carbocycles. The highest BCUT2D eigenvalue weighted by molar-refractivity contribution is 5.03. The van der Waals surface area contributed by atoms with Gasteiger partial charge in [-0.15, -0.1) is 0 Å². The summed E-state index contributed by atoms with van der Waals surface area (Å²) >= 11 is 0. The van der Waals surface area contributed by atoms with Crippen molar-refractivity contribution in [2.45, 2.75) is 150 Å². The Balaban J connectivity index is 1.65. The average Bonchev–Trinajstić information content (AvgIpc) is 3.20. The normalized spacial score (nSPS) is 33.2. The van der Waals surface area contributed by atoms with E-state index in [1.165, 1.54) is 25.7 Å². The summed E-state index contributed by atoms with van der Waals surface area (Å²) < 4.78 is 41.6. The van der Waals surface area contributed by atoms with E-state index in [1.807, 2.05) is 20.8 Å². The zero-order valence-electron chi connectivity index (χ0n) is 23.1. The van der Waals surface area contributed by atoms with E-state index in [-0.39, 0.29) is 28.7 Å². The molecule has 4 atom stereocenters. The lowest BCUT2D eigenvalue weighted by atomic mass is 9.65. The van der Waals surface area contributed by atoms with Crippen molar-refractivity contribution in [3.63, 3.8) is 0 Å². The van der Waals surface area contributed by atoms with Crippen LogP contribution in [0.5, 0.6) is 0 Å². The number of nitrogens with zero attached hydrogens (tertiary/aromatic N) is 2. The Morgan fingerprint density at radius 2 is 1.09 bits per heavy atom. The molecule has 3 aliphatic heterocycles. The van der Waals surface area contributed by atoms with Crippen LogP contribution in [0.2, 0.25) is 0 Å². The van der Waals surface area contributed by atoms with Gasteiger partial charge in [0.1, 0.15) is 6.04 Å². The van der Waals surface area contributed by atoms with Crippen LogP contribution in [0.1, 0.15) is 114 Å². The van der Waals surface area contributed by atoms with Crippen LogP contribution in [-0.4, -0.2) is 51.7 Å². The SMILES string of the molecule is CC(C)(CCC(C)(C)C1CC(C(F)(F)F)N(C(C)(C)C)C1)C1CC2CCC(C1)N2C(C)(C)C. The van der Waals surface area contributed by atoms with E-state index in [0.717, 1.165) is 12.8 Å². The second kappa shape index (κ2) is 8.68. The number of piperidine rings is 1. The van der Waals surface area contributed by atoms with Gasteiger partial charge in [0.05, 0.1) is 0 Å². The number of halogens is 3. The van der Waals surface area contributed by atoms with Crippen molar-refractivity contribution in [2.75, 3.05) is 6.54 Å². The van der Waals surface area contributed by atoms with Gasteiger partial charge in [-0.25, -0.2) is 0 Å². The van der Waals surface area contributed by atoms with Gasteiger partial charge in [-0.05, 0) is 109 Å². The molecule has 2 bridgehead atoms. The molecule has 4 unspecified atom stereocenters. The number of likely N-dealkylation sites (tertiary alicyclic amines) is 1. The van der Waals surface area contributed by atoms with Crippen LogP contribution in [-0.2, 0) is 0 Å². The zero-order valence-corrected chi connectivity index (χ0v) is 23.1. The standard InChI is InChI=1S/C28H51F3N2/c1-24(2,3)32-18-20(17-23(32)28(29,30)31)27(9,10)14-13-26(7,8)19-15-21-11-12-22(16-19)33(21)25(4,5)6/h19-23H,11-18H2,1-10H3. The van der Waals surface area contributed by atoms with E-state index in [1.54, 1.807) is 4.90 Å². The molecule has 5 heteroatoms. The summed E-state index contributed by atoms with van der Waals surface area (Å²) in [6.07, 6.45) is 3.38. The Hall–Kier alpha value is -0.290. The van der Waals surface area contributed by atoms with E-state index in [2.05, 4.69) is 53.4 Å². The summed E-state index contributed by atoms with van der Waals surface area (Å²) in [5.41, 5.74) is -0.0936. The van der Waals surface area contributed by atoms with Crippen molar-refractivity contribution in [1.29, 1.82) is 0 Å². The highest BCUT2D eigenvalue weighted by Gasteiger charge is 2.55. The first-order valence-electron chi connectivity index (χ1n) is 13.4. The molecule has 2 nitrogen and oxygen atoms in total. The molecule has 194 valence electrons. The lowest BCUT2D eigenvalue weighted by Gasteiger charge is -2.50. The van der Waals surface area contributed by atoms with Gasteiger partial charge in [-0.1, -0.05) is 27.7 Å². The zero-order chi connectivity index (χ0) is 25.2. The fraction of sp³-hybridized carbons (Fsp3) is 1.00. The largest absolute Gasteiger partial charge is 0.404 e. The predicted molar refractivity (Wildman–Crippen MR) is 132 cm³/mol. The highest BCUT2D eigenvalue weighted by atomic mass is 19.4. The van der Waals surface area contributed by atoms with Gasteiger partial charge >= 0.3 is 6.18 Å². The molecule has 3 saturated heterocycles. The summed E-state index contributed by atoms with van der Waals surface area (Å²) in [5.74, 6) is 0.792. The molecule has 0 amide bonds. The molecule has 0 aromatic rings. The molecule has 0 aromatic heterocycles. The first-order chi connectivity index (χ1) is 14.7. The topological polar surface area (TPSA) is 6.48 Å². The van der Waals surface area contributed by atoms with Crippen LogP contribution in [0.4, 0.5) is 13.2 Å². The smallest absolute Gasteiger partial charge is 0.293 e. The van der Waals surface area contributed by atoms with Crippen molar-refractivity contribution < 1.29 is 13.2 Å². The maximum absolute atomic E-state index is 13.9. The number of rotatable bonds is 5. The van der Waals surface area contributed by atoms with Crippen LogP contribution in [0, 0.1) is 22.7 Å². The van der Waals surface area contributed by atoms with Crippen molar-refractivity contribution in [3.8, 4) is 0 Å². The maximum atomic E-state index is 13.9. The molecule has 3 rings (SSSR count). The lowest BCUT2D eigenvalue weighted by Crippen LogP contribution is -2.54. The minimum atomic E-state index is -4.16. The number of fused-ring (bicyclic) bond motifs is 2. The predicted octanol–water partition coefficient (Wildman–Crippen LogP) is 7.91. The van der Waals surface area contributed by atoms with Gasteiger partial charge in [0, 0.05) is 29.7 Å². The summed E-state index contributed by atoms with van der Waals surface area (Å²) in [7, 11) is 0. The van der Waals surface area contributed by atoms with Crippen LogP contribution in [0.3, 0.4) is 0 Å². The van der Waals surface area contributed by atoms with Gasteiger partial charge in [0.2, 0.25) is 0 Å². The molecule has 0 N–H and O–H groups in total. The highest BCUT2D eigenvalue weighted by Crippen LogP contribution is 2.52. The third-order valence-corrected chi connectivity index (χ3v) is 9.67. The average molecular weight is 473 g/mol. The number of hydrogen-bond donors (Lipinski definition) is 0.